The lowest BCUT2D eigenvalue weighted by molar-refractivity contribution is -0.121. The number of halogens is 2. The molecule has 184 valence electrons. The minimum Gasteiger partial charge on any atom is -0.478 e. The number of nitriles is 1. The molecule has 1 aliphatic heterocycles. The first-order valence-electron chi connectivity index (χ1n) is 11.2. The summed E-state index contributed by atoms with van der Waals surface area (Å²) >= 11 is 1.16. The molecule has 1 saturated carbocycles. The van der Waals surface area contributed by atoms with Crippen LogP contribution in [-0.2, 0) is 21.6 Å². The minimum absolute atomic E-state index is 0.0646. The van der Waals surface area contributed by atoms with E-state index in [0.29, 0.717) is 22.4 Å². The van der Waals surface area contributed by atoms with Crippen molar-refractivity contribution in [1.29, 1.82) is 5.26 Å². The van der Waals surface area contributed by atoms with Crippen molar-refractivity contribution in [3.8, 4) is 17.3 Å². The Morgan fingerprint density at radius 2 is 2.08 bits per heavy atom. The first-order chi connectivity index (χ1) is 17.1. The van der Waals surface area contributed by atoms with Crippen molar-refractivity contribution in [2.45, 2.75) is 37.2 Å². The standard InChI is InChI=1S/C26H21F2N3O4S/c1-25(13-35-11-17-6-5-16(23(33)34)8-18(17)25)20(10-29)22(32)31-24-30-21(12-36-24)15-4-2-3-14(7-15)19-9-26(19,27)28/h2-8,12,19-20H,9,11,13H2,1H3,(H,33,34)(H,30,31,32)/t19-,20?,25-/m0/s1. The maximum Gasteiger partial charge on any atom is 0.335 e. The summed E-state index contributed by atoms with van der Waals surface area (Å²) in [5.74, 6) is -6.34. The number of anilines is 1. The number of nitrogens with zero attached hydrogens (tertiary/aromatic N) is 2. The van der Waals surface area contributed by atoms with Crippen molar-refractivity contribution >= 4 is 28.3 Å². The second-order valence-electron chi connectivity index (χ2n) is 9.32. The van der Waals surface area contributed by atoms with Crippen molar-refractivity contribution in [2.24, 2.45) is 5.92 Å². The van der Waals surface area contributed by atoms with Gasteiger partial charge in [0.05, 0.1) is 36.5 Å². The number of carbonyl (C=O) groups is 2. The molecule has 1 unspecified atom stereocenters. The van der Waals surface area contributed by atoms with E-state index in [9.17, 15) is 28.7 Å². The monoisotopic (exact) mass is 509 g/mol. The number of carboxylic acid groups (broad SMARTS) is 1. The third kappa shape index (κ3) is 4.25. The number of amides is 1. The number of carbonyl (C=O) groups excluding carboxylic acids is 1. The van der Waals surface area contributed by atoms with Gasteiger partial charge in [0, 0.05) is 22.8 Å². The number of hydrogen-bond acceptors (Lipinski definition) is 6. The molecule has 0 bridgehead atoms. The van der Waals surface area contributed by atoms with Gasteiger partial charge in [-0.3, -0.25) is 4.79 Å². The Hall–Kier alpha value is -3.68. The van der Waals surface area contributed by atoms with E-state index < -0.39 is 35.0 Å². The number of ether oxygens (including phenoxy) is 1. The summed E-state index contributed by atoms with van der Waals surface area (Å²) in [6.45, 7) is 2.03. The lowest BCUT2D eigenvalue weighted by Gasteiger charge is -2.38. The lowest BCUT2D eigenvalue weighted by atomic mass is 9.69. The third-order valence-corrected chi connectivity index (χ3v) is 7.56. The average Bonchev–Trinajstić information content (AvgIpc) is 3.25. The van der Waals surface area contributed by atoms with Crippen molar-refractivity contribution < 1.29 is 28.2 Å². The van der Waals surface area contributed by atoms with Gasteiger partial charge in [0.25, 0.3) is 5.92 Å². The number of rotatable bonds is 6. The fraction of sp³-hybridized carbons (Fsp3) is 0.308. The Labute approximate surface area is 209 Å². The second-order valence-corrected chi connectivity index (χ2v) is 10.2. The number of nitrogens with one attached hydrogen (secondary N) is 1. The highest BCUT2D eigenvalue weighted by molar-refractivity contribution is 7.14. The molecule has 7 nitrogen and oxygen atoms in total. The van der Waals surface area contributed by atoms with Crippen molar-refractivity contribution in [1.82, 2.24) is 4.98 Å². The molecule has 2 aromatic carbocycles. The number of hydrogen-bond donors (Lipinski definition) is 2. The maximum atomic E-state index is 13.5. The molecule has 2 heterocycles. The first kappa shape index (κ1) is 24.0. The van der Waals surface area contributed by atoms with Gasteiger partial charge in [0.1, 0.15) is 5.92 Å². The van der Waals surface area contributed by atoms with E-state index in [0.717, 1.165) is 16.9 Å². The zero-order valence-corrected chi connectivity index (χ0v) is 19.9. The van der Waals surface area contributed by atoms with E-state index in [2.05, 4.69) is 16.4 Å². The van der Waals surface area contributed by atoms with Crippen LogP contribution >= 0.6 is 11.3 Å². The molecule has 36 heavy (non-hydrogen) atoms. The van der Waals surface area contributed by atoms with Gasteiger partial charge in [-0.15, -0.1) is 11.3 Å². The normalized spacial score (nSPS) is 22.7. The van der Waals surface area contributed by atoms with Crippen LogP contribution in [0.4, 0.5) is 13.9 Å². The largest absolute Gasteiger partial charge is 0.478 e. The summed E-state index contributed by atoms with van der Waals surface area (Å²) in [5, 5.41) is 24.0. The van der Waals surface area contributed by atoms with Crippen molar-refractivity contribution in [3.05, 3.63) is 70.1 Å². The Bertz CT molecular complexity index is 1420. The predicted octanol–water partition coefficient (Wildman–Crippen LogP) is 5.20. The van der Waals surface area contributed by atoms with Crippen LogP contribution in [0.25, 0.3) is 11.3 Å². The Balaban J connectivity index is 1.38. The van der Waals surface area contributed by atoms with Gasteiger partial charge in [-0.2, -0.15) is 5.26 Å². The van der Waals surface area contributed by atoms with Gasteiger partial charge < -0.3 is 15.2 Å². The Morgan fingerprint density at radius 3 is 2.78 bits per heavy atom. The number of aromatic carboxylic acids is 1. The van der Waals surface area contributed by atoms with Gasteiger partial charge in [-0.05, 0) is 34.9 Å². The summed E-state index contributed by atoms with van der Waals surface area (Å²) in [6, 6.07) is 13.5. The van der Waals surface area contributed by atoms with Crippen LogP contribution in [0.3, 0.4) is 0 Å². The summed E-state index contributed by atoms with van der Waals surface area (Å²) in [6.07, 6.45) is -0.163. The van der Waals surface area contributed by atoms with Crippen LogP contribution in [0.1, 0.15) is 46.3 Å². The van der Waals surface area contributed by atoms with E-state index >= 15 is 0 Å². The molecule has 0 saturated heterocycles. The van der Waals surface area contributed by atoms with E-state index in [1.165, 1.54) is 12.1 Å². The molecule has 1 fully saturated rings. The van der Waals surface area contributed by atoms with Crippen molar-refractivity contribution in [2.75, 3.05) is 11.9 Å². The van der Waals surface area contributed by atoms with Crippen LogP contribution < -0.4 is 5.32 Å². The highest BCUT2D eigenvalue weighted by Crippen LogP contribution is 2.56. The average molecular weight is 510 g/mol. The number of fused-ring (bicyclic) bond motifs is 1. The van der Waals surface area contributed by atoms with Crippen molar-refractivity contribution in [3.63, 3.8) is 0 Å². The van der Waals surface area contributed by atoms with Gasteiger partial charge in [-0.25, -0.2) is 18.6 Å². The summed E-state index contributed by atoms with van der Waals surface area (Å²) in [7, 11) is 0. The van der Waals surface area contributed by atoms with E-state index in [1.807, 2.05) is 0 Å². The second kappa shape index (κ2) is 8.76. The molecule has 2 N–H and O–H groups in total. The molecule has 1 amide bonds. The number of aromatic nitrogens is 1. The fourth-order valence-corrected chi connectivity index (χ4v) is 5.40. The zero-order chi connectivity index (χ0) is 25.7. The molecule has 3 aromatic rings. The van der Waals surface area contributed by atoms with Gasteiger partial charge in [0.15, 0.2) is 5.13 Å². The minimum atomic E-state index is -2.67. The molecular formula is C26H21F2N3O4S. The molecule has 3 atom stereocenters. The summed E-state index contributed by atoms with van der Waals surface area (Å²) in [4.78, 5) is 29.2. The van der Waals surface area contributed by atoms with Gasteiger partial charge >= 0.3 is 5.97 Å². The lowest BCUT2D eigenvalue weighted by Crippen LogP contribution is -2.45. The molecule has 1 aliphatic carbocycles. The summed E-state index contributed by atoms with van der Waals surface area (Å²) in [5.41, 5.74) is 2.02. The fourth-order valence-electron chi connectivity index (χ4n) is 4.68. The van der Waals surface area contributed by atoms with Crippen LogP contribution in [0.5, 0.6) is 0 Å². The molecular weight excluding hydrogens is 488 g/mol. The number of thiazole rings is 1. The molecule has 10 heteroatoms. The smallest absolute Gasteiger partial charge is 0.335 e. The molecule has 2 aliphatic rings. The van der Waals surface area contributed by atoms with E-state index in [-0.39, 0.29) is 30.3 Å². The van der Waals surface area contributed by atoms with Crippen LogP contribution in [0.2, 0.25) is 0 Å². The highest BCUT2D eigenvalue weighted by atomic mass is 32.1. The van der Waals surface area contributed by atoms with Crippen LogP contribution in [0, 0.1) is 17.2 Å². The SMILES string of the molecule is C[C@]1(C(C#N)C(=O)Nc2nc(-c3cccc([C@@H]4CC4(F)F)c3)cs2)COCc2ccc(C(=O)O)cc21. The summed E-state index contributed by atoms with van der Waals surface area (Å²) < 4.78 is 32.6. The van der Waals surface area contributed by atoms with Gasteiger partial charge in [-0.1, -0.05) is 31.2 Å². The van der Waals surface area contributed by atoms with Gasteiger partial charge in [0.2, 0.25) is 5.91 Å². The topological polar surface area (TPSA) is 112 Å². The number of benzene rings is 2. The highest BCUT2D eigenvalue weighted by Gasteiger charge is 2.57. The number of carboxylic acids is 1. The molecule has 0 radical (unpaired) electrons. The third-order valence-electron chi connectivity index (χ3n) is 6.81. The predicted molar refractivity (Wildman–Crippen MR) is 128 cm³/mol. The molecule has 1 aromatic heterocycles. The van der Waals surface area contributed by atoms with E-state index in [4.69, 9.17) is 4.74 Å². The van der Waals surface area contributed by atoms with Crippen LogP contribution in [0.15, 0.2) is 47.8 Å². The Morgan fingerprint density at radius 1 is 1.31 bits per heavy atom. The zero-order valence-electron chi connectivity index (χ0n) is 19.1. The number of alkyl halides is 2. The van der Waals surface area contributed by atoms with E-state index in [1.54, 1.807) is 42.6 Å². The van der Waals surface area contributed by atoms with Crippen LogP contribution in [-0.4, -0.2) is 34.5 Å². The quantitative estimate of drug-likeness (QED) is 0.473. The molecule has 5 rings (SSSR count). The maximum absolute atomic E-state index is 13.5. The Kier molecular flexibility index (Phi) is 5.85. The molecule has 0 spiro atoms. The first-order valence-corrected chi connectivity index (χ1v) is 12.1.